The molecular formula is C12H18BrN3OS. The molecule has 18 heavy (non-hydrogen) atoms. The summed E-state index contributed by atoms with van der Waals surface area (Å²) in [6.07, 6.45) is 0. The molecule has 0 amide bonds. The van der Waals surface area contributed by atoms with E-state index >= 15 is 0 Å². The van der Waals surface area contributed by atoms with Crippen molar-refractivity contribution in [2.45, 2.75) is 12.5 Å². The van der Waals surface area contributed by atoms with Crippen molar-refractivity contribution in [3.8, 4) is 0 Å². The minimum absolute atomic E-state index is 0.387. The predicted octanol–water partition coefficient (Wildman–Crippen LogP) is 2.03. The molecule has 4 nitrogen and oxygen atoms in total. The smallest absolute Gasteiger partial charge is 0.191 e. The number of halogens is 1. The van der Waals surface area contributed by atoms with Crippen LogP contribution in [0.5, 0.6) is 0 Å². The normalized spacial score (nSPS) is 15.0. The van der Waals surface area contributed by atoms with Crippen LogP contribution in [0.3, 0.4) is 0 Å². The molecule has 0 saturated heterocycles. The van der Waals surface area contributed by atoms with Gasteiger partial charge in [-0.05, 0) is 29.3 Å². The van der Waals surface area contributed by atoms with E-state index in [0.717, 1.165) is 10.0 Å². The molecule has 6 heteroatoms. The third-order valence-corrected chi connectivity index (χ3v) is 3.38. The van der Waals surface area contributed by atoms with Crippen LogP contribution in [0.4, 0.5) is 0 Å². The molecule has 1 rings (SSSR count). The Hall–Kier alpha value is -0.850. The van der Waals surface area contributed by atoms with Gasteiger partial charge in [-0.15, -0.1) is 0 Å². The lowest BCUT2D eigenvalue weighted by molar-refractivity contribution is 0.0622. The molecule has 0 aromatic carbocycles. The van der Waals surface area contributed by atoms with Crippen LogP contribution in [0.2, 0.25) is 0 Å². The van der Waals surface area contributed by atoms with Crippen molar-refractivity contribution in [2.75, 3.05) is 20.1 Å². The Morgan fingerprint density at radius 1 is 1.61 bits per heavy atom. The molecule has 0 fully saturated rings. The van der Waals surface area contributed by atoms with Crippen LogP contribution in [-0.2, 0) is 5.60 Å². The van der Waals surface area contributed by atoms with Crippen LogP contribution in [0.15, 0.2) is 32.9 Å². The van der Waals surface area contributed by atoms with Gasteiger partial charge < -0.3 is 15.7 Å². The highest BCUT2D eigenvalue weighted by Gasteiger charge is 2.23. The van der Waals surface area contributed by atoms with Crippen LogP contribution in [-0.4, -0.2) is 31.2 Å². The Kier molecular flexibility index (Phi) is 5.84. The standard InChI is InChI=1S/C12H18BrN3OS/c1-9(13)6-15-11(14-3)16-8-12(2,17)10-4-5-18-7-10/h4-5,7,17H,1,6,8H2,2-3H3,(H2,14,15,16). The van der Waals surface area contributed by atoms with Gasteiger partial charge in [0.25, 0.3) is 0 Å². The number of nitrogens with one attached hydrogen (secondary N) is 2. The van der Waals surface area contributed by atoms with Crippen LogP contribution in [0, 0.1) is 0 Å². The topological polar surface area (TPSA) is 56.7 Å². The molecule has 0 bridgehead atoms. The number of thiophene rings is 1. The second-order valence-corrected chi connectivity index (χ2v) is 5.98. The maximum absolute atomic E-state index is 10.3. The summed E-state index contributed by atoms with van der Waals surface area (Å²) in [7, 11) is 1.69. The number of nitrogens with zero attached hydrogens (tertiary/aromatic N) is 1. The SMILES string of the molecule is C=C(Br)CNC(=NC)NCC(C)(O)c1ccsc1. The second kappa shape index (κ2) is 6.92. The van der Waals surface area contributed by atoms with Gasteiger partial charge in [0.1, 0.15) is 5.60 Å². The number of hydrogen-bond donors (Lipinski definition) is 3. The minimum atomic E-state index is -0.914. The zero-order chi connectivity index (χ0) is 13.6. The molecule has 1 aromatic heterocycles. The summed E-state index contributed by atoms with van der Waals surface area (Å²) in [6.45, 7) is 6.48. The van der Waals surface area contributed by atoms with Crippen molar-refractivity contribution in [3.63, 3.8) is 0 Å². The van der Waals surface area contributed by atoms with Crippen molar-refractivity contribution in [1.82, 2.24) is 10.6 Å². The predicted molar refractivity (Wildman–Crippen MR) is 81.3 cm³/mol. The first-order valence-corrected chi connectivity index (χ1v) is 7.22. The summed E-state index contributed by atoms with van der Waals surface area (Å²) in [5, 5.41) is 20.4. The molecule has 1 aromatic rings. The van der Waals surface area contributed by atoms with Gasteiger partial charge in [-0.25, -0.2) is 0 Å². The van der Waals surface area contributed by atoms with Crippen molar-refractivity contribution >= 4 is 33.2 Å². The number of guanidine groups is 1. The van der Waals surface area contributed by atoms with Gasteiger partial charge in [-0.2, -0.15) is 11.3 Å². The van der Waals surface area contributed by atoms with E-state index in [-0.39, 0.29) is 0 Å². The number of hydrogen-bond acceptors (Lipinski definition) is 3. The average Bonchev–Trinajstić information content (AvgIpc) is 2.83. The molecule has 0 aliphatic carbocycles. The fourth-order valence-corrected chi connectivity index (χ4v) is 2.25. The fourth-order valence-electron chi connectivity index (χ4n) is 1.33. The second-order valence-electron chi connectivity index (χ2n) is 4.08. The lowest BCUT2D eigenvalue weighted by atomic mass is 9.99. The van der Waals surface area contributed by atoms with Crippen LogP contribution in [0.1, 0.15) is 12.5 Å². The summed E-state index contributed by atoms with van der Waals surface area (Å²) < 4.78 is 0.843. The first-order valence-electron chi connectivity index (χ1n) is 5.48. The molecule has 0 aliphatic heterocycles. The Balaban J connectivity index is 2.50. The summed E-state index contributed by atoms with van der Waals surface area (Å²) >= 11 is 4.84. The first-order chi connectivity index (χ1) is 8.45. The highest BCUT2D eigenvalue weighted by Crippen LogP contribution is 2.21. The van der Waals surface area contributed by atoms with Crippen molar-refractivity contribution in [2.24, 2.45) is 4.99 Å². The molecule has 100 valence electrons. The van der Waals surface area contributed by atoms with E-state index in [4.69, 9.17) is 0 Å². The van der Waals surface area contributed by atoms with Gasteiger partial charge in [0.2, 0.25) is 0 Å². The molecule has 0 saturated carbocycles. The minimum Gasteiger partial charge on any atom is -0.384 e. The maximum Gasteiger partial charge on any atom is 0.191 e. The Labute approximate surface area is 120 Å². The Morgan fingerprint density at radius 2 is 2.33 bits per heavy atom. The van der Waals surface area contributed by atoms with Gasteiger partial charge in [0, 0.05) is 18.1 Å². The van der Waals surface area contributed by atoms with Gasteiger partial charge in [-0.1, -0.05) is 22.5 Å². The van der Waals surface area contributed by atoms with E-state index in [1.807, 2.05) is 16.8 Å². The lowest BCUT2D eigenvalue weighted by Crippen LogP contribution is -2.44. The molecule has 0 spiro atoms. The van der Waals surface area contributed by atoms with Crippen molar-refractivity contribution in [1.29, 1.82) is 0 Å². The van der Waals surface area contributed by atoms with Gasteiger partial charge in [-0.3, -0.25) is 4.99 Å². The molecule has 1 heterocycles. The summed E-state index contributed by atoms with van der Waals surface area (Å²) in [5.74, 6) is 0.631. The summed E-state index contributed by atoms with van der Waals surface area (Å²) in [4.78, 5) is 4.07. The van der Waals surface area contributed by atoms with E-state index in [1.54, 1.807) is 25.3 Å². The molecule has 0 radical (unpaired) electrons. The Morgan fingerprint density at radius 3 is 2.83 bits per heavy atom. The van der Waals surface area contributed by atoms with E-state index < -0.39 is 5.60 Å². The largest absolute Gasteiger partial charge is 0.384 e. The average molecular weight is 332 g/mol. The van der Waals surface area contributed by atoms with Crippen LogP contribution < -0.4 is 10.6 Å². The highest BCUT2D eigenvalue weighted by atomic mass is 79.9. The zero-order valence-electron chi connectivity index (χ0n) is 10.5. The van der Waals surface area contributed by atoms with Gasteiger partial charge >= 0.3 is 0 Å². The lowest BCUT2D eigenvalue weighted by Gasteiger charge is -2.24. The fraction of sp³-hybridized carbons (Fsp3) is 0.417. The van der Waals surface area contributed by atoms with Gasteiger partial charge in [0.15, 0.2) is 5.96 Å². The van der Waals surface area contributed by atoms with Crippen molar-refractivity contribution in [3.05, 3.63) is 33.5 Å². The van der Waals surface area contributed by atoms with Crippen LogP contribution >= 0.6 is 27.3 Å². The monoisotopic (exact) mass is 331 g/mol. The maximum atomic E-state index is 10.3. The molecule has 0 aliphatic rings. The number of aliphatic hydroxyl groups is 1. The highest BCUT2D eigenvalue weighted by molar-refractivity contribution is 9.11. The number of aliphatic imine (C=N–C) groups is 1. The van der Waals surface area contributed by atoms with E-state index in [1.165, 1.54) is 0 Å². The van der Waals surface area contributed by atoms with Crippen molar-refractivity contribution < 1.29 is 5.11 Å². The summed E-state index contributed by atoms with van der Waals surface area (Å²) in [6, 6.07) is 1.92. The summed E-state index contributed by atoms with van der Waals surface area (Å²) in [5.41, 5.74) is -0.0106. The first kappa shape index (κ1) is 15.2. The molecular weight excluding hydrogens is 314 g/mol. The molecule has 1 unspecified atom stereocenters. The quantitative estimate of drug-likeness (QED) is 0.571. The third kappa shape index (κ3) is 4.80. The Bertz CT molecular complexity index is 415. The molecule has 3 N–H and O–H groups in total. The van der Waals surface area contributed by atoms with E-state index in [0.29, 0.717) is 19.0 Å². The van der Waals surface area contributed by atoms with E-state index in [2.05, 4.69) is 38.1 Å². The zero-order valence-corrected chi connectivity index (χ0v) is 12.9. The van der Waals surface area contributed by atoms with Gasteiger partial charge in [0.05, 0.1) is 6.54 Å². The van der Waals surface area contributed by atoms with Crippen LogP contribution in [0.25, 0.3) is 0 Å². The molecule has 1 atom stereocenters. The third-order valence-electron chi connectivity index (χ3n) is 2.41. The number of rotatable bonds is 5. The van der Waals surface area contributed by atoms with E-state index in [9.17, 15) is 5.11 Å².